The van der Waals surface area contributed by atoms with Crippen LogP contribution >= 0.6 is 0 Å². The van der Waals surface area contributed by atoms with Gasteiger partial charge in [0.05, 0.1) is 19.3 Å². The van der Waals surface area contributed by atoms with E-state index in [-0.39, 0.29) is 12.1 Å². The number of hydrogen-bond acceptors (Lipinski definition) is 4. The van der Waals surface area contributed by atoms with Gasteiger partial charge in [0.2, 0.25) is 0 Å². The Bertz CT molecular complexity index is 344. The van der Waals surface area contributed by atoms with Crippen LogP contribution in [-0.2, 0) is 9.47 Å². The van der Waals surface area contributed by atoms with Crippen molar-refractivity contribution in [1.29, 1.82) is 0 Å². The Morgan fingerprint density at radius 2 is 2.26 bits per heavy atom. The number of nitrogens with zero attached hydrogens (tertiary/aromatic N) is 1. The first-order valence-corrected chi connectivity index (χ1v) is 6.59. The van der Waals surface area contributed by atoms with Crippen LogP contribution < -0.4 is 5.32 Å². The van der Waals surface area contributed by atoms with E-state index in [1.807, 2.05) is 20.8 Å². The summed E-state index contributed by atoms with van der Waals surface area (Å²) in [5, 5.41) is 2.74. The lowest BCUT2D eigenvalue weighted by Gasteiger charge is -2.38. The van der Waals surface area contributed by atoms with E-state index in [1.165, 1.54) is 0 Å². The molecule has 0 aromatic carbocycles. The Morgan fingerprint density at radius 3 is 2.84 bits per heavy atom. The van der Waals surface area contributed by atoms with Crippen LogP contribution in [-0.4, -0.2) is 55.0 Å². The van der Waals surface area contributed by atoms with Gasteiger partial charge in [-0.25, -0.2) is 4.79 Å². The molecule has 1 heterocycles. The van der Waals surface area contributed by atoms with Gasteiger partial charge in [-0.3, -0.25) is 4.90 Å². The first-order valence-electron chi connectivity index (χ1n) is 6.59. The number of morpholine rings is 1. The summed E-state index contributed by atoms with van der Waals surface area (Å²) >= 11 is 0. The van der Waals surface area contributed by atoms with E-state index < -0.39 is 11.7 Å². The molecule has 0 saturated carbocycles. The minimum atomic E-state index is -0.487. The smallest absolute Gasteiger partial charge is 0.407 e. The number of hydrogen-bond donors (Lipinski definition) is 1. The largest absolute Gasteiger partial charge is 0.444 e. The molecule has 1 aliphatic heterocycles. The fourth-order valence-corrected chi connectivity index (χ4v) is 1.97. The van der Waals surface area contributed by atoms with E-state index in [9.17, 15) is 4.79 Å². The maximum Gasteiger partial charge on any atom is 0.407 e. The summed E-state index contributed by atoms with van der Waals surface area (Å²) in [6, 6.07) is 0.180. The van der Waals surface area contributed by atoms with E-state index in [1.54, 1.807) is 0 Å². The summed E-state index contributed by atoms with van der Waals surface area (Å²) in [7, 11) is 0. The van der Waals surface area contributed by atoms with Gasteiger partial charge in [0.25, 0.3) is 0 Å². The van der Waals surface area contributed by atoms with Crippen LogP contribution in [0.3, 0.4) is 0 Å². The Hall–Kier alpha value is -1.25. The van der Waals surface area contributed by atoms with Crippen LogP contribution in [0.15, 0.2) is 0 Å². The number of carbonyl (C=O) groups is 1. The summed E-state index contributed by atoms with van der Waals surface area (Å²) in [4.78, 5) is 13.8. The predicted octanol–water partition coefficient (Wildman–Crippen LogP) is 1.23. The molecule has 0 aromatic rings. The maximum atomic E-state index is 11.6. The number of rotatable bonds is 3. The summed E-state index contributed by atoms with van der Waals surface area (Å²) in [6.07, 6.45) is 4.86. The second kappa shape index (κ2) is 6.78. The molecule has 0 bridgehead atoms. The van der Waals surface area contributed by atoms with Crippen LogP contribution in [0.5, 0.6) is 0 Å². The Morgan fingerprint density at radius 1 is 1.58 bits per heavy atom. The number of ether oxygens (including phenoxy) is 2. The van der Waals surface area contributed by atoms with Gasteiger partial charge in [0, 0.05) is 19.1 Å². The van der Waals surface area contributed by atoms with Crippen molar-refractivity contribution in [3.8, 4) is 12.3 Å². The highest BCUT2D eigenvalue weighted by atomic mass is 16.6. The molecule has 1 fully saturated rings. The van der Waals surface area contributed by atoms with Crippen molar-refractivity contribution < 1.29 is 14.3 Å². The molecule has 1 aliphatic rings. The molecule has 0 unspecified atom stereocenters. The lowest BCUT2D eigenvalue weighted by molar-refractivity contribution is -0.0588. The molecule has 1 amide bonds. The zero-order valence-electron chi connectivity index (χ0n) is 12.2. The highest BCUT2D eigenvalue weighted by Gasteiger charge is 2.28. The molecule has 0 spiro atoms. The fourth-order valence-electron chi connectivity index (χ4n) is 1.97. The van der Waals surface area contributed by atoms with Crippen molar-refractivity contribution in [3.63, 3.8) is 0 Å². The lowest BCUT2D eigenvalue weighted by Crippen LogP contribution is -2.53. The van der Waals surface area contributed by atoms with Crippen molar-refractivity contribution in [2.24, 2.45) is 0 Å². The average molecular weight is 268 g/mol. The van der Waals surface area contributed by atoms with E-state index in [0.717, 1.165) is 6.54 Å². The number of carbonyl (C=O) groups excluding carboxylic acids is 1. The van der Waals surface area contributed by atoms with E-state index >= 15 is 0 Å². The normalized spacial score (nSPS) is 24.6. The second-order valence-electron chi connectivity index (χ2n) is 5.71. The number of terminal acetylenes is 1. The van der Waals surface area contributed by atoms with E-state index in [4.69, 9.17) is 15.9 Å². The molecule has 19 heavy (non-hydrogen) atoms. The van der Waals surface area contributed by atoms with Crippen molar-refractivity contribution >= 4 is 6.09 Å². The van der Waals surface area contributed by atoms with Crippen LogP contribution in [0.25, 0.3) is 0 Å². The highest BCUT2D eigenvalue weighted by molar-refractivity contribution is 5.67. The van der Waals surface area contributed by atoms with Gasteiger partial charge in [0.1, 0.15) is 5.60 Å². The highest BCUT2D eigenvalue weighted by Crippen LogP contribution is 2.13. The molecule has 0 aromatic heterocycles. The number of nitrogens with one attached hydrogen (secondary N) is 1. The summed E-state index contributed by atoms with van der Waals surface area (Å²) in [5.74, 6) is 2.64. The lowest BCUT2D eigenvalue weighted by atomic mass is 10.1. The summed E-state index contributed by atoms with van der Waals surface area (Å²) in [5.41, 5.74) is -0.487. The van der Waals surface area contributed by atoms with E-state index in [0.29, 0.717) is 19.7 Å². The zero-order chi connectivity index (χ0) is 14.5. The molecule has 108 valence electrons. The molecule has 1 saturated heterocycles. The molecular formula is C14H24N2O3. The third-order valence-corrected chi connectivity index (χ3v) is 2.97. The Balaban J connectivity index is 2.40. The first-order chi connectivity index (χ1) is 8.83. The minimum absolute atomic E-state index is 0.0605. The molecule has 1 N–H and O–H groups in total. The molecule has 5 heteroatoms. The quantitative estimate of drug-likeness (QED) is 0.782. The van der Waals surface area contributed by atoms with Crippen molar-refractivity contribution in [1.82, 2.24) is 10.2 Å². The van der Waals surface area contributed by atoms with Crippen LogP contribution in [0.2, 0.25) is 0 Å². The maximum absolute atomic E-state index is 11.6. The summed E-state index contributed by atoms with van der Waals surface area (Å²) in [6.45, 7) is 10.0. The van der Waals surface area contributed by atoms with Crippen LogP contribution in [0, 0.1) is 12.3 Å². The van der Waals surface area contributed by atoms with Gasteiger partial charge in [0.15, 0.2) is 0 Å². The Kier molecular flexibility index (Phi) is 5.64. The second-order valence-corrected chi connectivity index (χ2v) is 5.71. The molecular weight excluding hydrogens is 244 g/mol. The SMILES string of the molecule is C#CCN1CCO[C@@H](CNC(=O)OC(C)(C)C)[C@@H]1C. The number of alkyl carbamates (subject to hydrolysis) is 1. The number of amides is 1. The van der Waals surface area contributed by atoms with Gasteiger partial charge in [-0.05, 0) is 27.7 Å². The van der Waals surface area contributed by atoms with Crippen LogP contribution in [0.4, 0.5) is 4.79 Å². The van der Waals surface area contributed by atoms with Crippen LogP contribution in [0.1, 0.15) is 27.7 Å². The standard InChI is InChI=1S/C14H24N2O3/c1-6-7-16-8-9-18-12(11(16)2)10-15-13(17)19-14(3,4)5/h1,11-12H,7-10H2,2-5H3,(H,15,17)/t11-,12-/m0/s1. The van der Waals surface area contributed by atoms with Gasteiger partial charge < -0.3 is 14.8 Å². The molecule has 5 nitrogen and oxygen atoms in total. The minimum Gasteiger partial charge on any atom is -0.444 e. The first kappa shape index (κ1) is 15.8. The van der Waals surface area contributed by atoms with Crippen molar-refractivity contribution in [3.05, 3.63) is 0 Å². The fraction of sp³-hybridized carbons (Fsp3) is 0.786. The van der Waals surface area contributed by atoms with Crippen molar-refractivity contribution in [2.45, 2.75) is 45.4 Å². The van der Waals surface area contributed by atoms with Crippen molar-refractivity contribution in [2.75, 3.05) is 26.2 Å². The van der Waals surface area contributed by atoms with Gasteiger partial charge >= 0.3 is 6.09 Å². The molecule has 1 rings (SSSR count). The van der Waals surface area contributed by atoms with E-state index in [2.05, 4.69) is 23.1 Å². The topological polar surface area (TPSA) is 50.8 Å². The average Bonchev–Trinajstić information content (AvgIpc) is 2.28. The van der Waals surface area contributed by atoms with Gasteiger partial charge in [-0.15, -0.1) is 6.42 Å². The molecule has 0 radical (unpaired) electrons. The third kappa shape index (κ3) is 5.50. The summed E-state index contributed by atoms with van der Waals surface area (Å²) < 4.78 is 10.9. The van der Waals surface area contributed by atoms with Gasteiger partial charge in [-0.1, -0.05) is 5.92 Å². The monoisotopic (exact) mass is 268 g/mol. The third-order valence-electron chi connectivity index (χ3n) is 2.97. The Labute approximate surface area is 115 Å². The predicted molar refractivity (Wildman–Crippen MR) is 73.8 cm³/mol. The molecule has 2 atom stereocenters. The molecule has 0 aliphatic carbocycles. The zero-order valence-corrected chi connectivity index (χ0v) is 12.2. The van der Waals surface area contributed by atoms with Gasteiger partial charge in [-0.2, -0.15) is 0 Å².